The number of amides is 3. The number of fused-ring (bicyclic) bond motifs is 3. The first-order valence-electron chi connectivity index (χ1n) is 17.0. The van der Waals surface area contributed by atoms with Crippen molar-refractivity contribution < 1.29 is 38.5 Å². The molecule has 1 aromatic heterocycles. The third-order valence-electron chi connectivity index (χ3n) is 9.80. The lowest BCUT2D eigenvalue weighted by Gasteiger charge is -2.27. The van der Waals surface area contributed by atoms with Crippen LogP contribution in [-0.2, 0) is 19.1 Å². The zero-order valence-electron chi connectivity index (χ0n) is 27.1. The minimum Gasteiger partial charge on any atom is -0.488 e. The highest BCUT2D eigenvalue weighted by molar-refractivity contribution is 6.35. The van der Waals surface area contributed by atoms with Crippen LogP contribution in [-0.4, -0.2) is 81.8 Å². The number of nitrogens with one attached hydrogen (secondary N) is 2. The third kappa shape index (κ3) is 7.48. The van der Waals surface area contributed by atoms with Gasteiger partial charge in [-0.3, -0.25) is 9.59 Å². The molecule has 258 valence electrons. The van der Waals surface area contributed by atoms with E-state index in [2.05, 4.69) is 15.6 Å². The van der Waals surface area contributed by atoms with Crippen LogP contribution in [0.4, 0.5) is 4.79 Å². The molecule has 0 spiro atoms. The van der Waals surface area contributed by atoms with Gasteiger partial charge in [0.05, 0.1) is 23.7 Å². The highest BCUT2D eigenvalue weighted by Crippen LogP contribution is 2.45. The van der Waals surface area contributed by atoms with E-state index in [9.17, 15) is 24.3 Å². The number of carboxylic acids is 1. The van der Waals surface area contributed by atoms with Crippen LogP contribution in [0.5, 0.6) is 11.6 Å². The van der Waals surface area contributed by atoms with Gasteiger partial charge in [-0.15, -0.1) is 0 Å². The van der Waals surface area contributed by atoms with Crippen LogP contribution in [0.3, 0.4) is 0 Å². The summed E-state index contributed by atoms with van der Waals surface area (Å²) in [6.07, 6.45) is 9.45. The molecule has 12 nitrogen and oxygen atoms in total. The molecule has 6 rings (SSSR count). The number of hydrogen-bond donors (Lipinski definition) is 3. The summed E-state index contributed by atoms with van der Waals surface area (Å²) in [5.74, 6) is -1.57. The Labute approximate surface area is 284 Å². The van der Waals surface area contributed by atoms with Gasteiger partial charge in [0.15, 0.2) is 0 Å². The monoisotopic (exact) mass is 682 g/mol. The molecule has 5 atom stereocenters. The van der Waals surface area contributed by atoms with E-state index in [0.717, 1.165) is 44.9 Å². The van der Waals surface area contributed by atoms with Crippen LogP contribution in [0.25, 0.3) is 10.9 Å². The lowest BCUT2D eigenvalue weighted by Crippen LogP contribution is -2.53. The fourth-order valence-electron chi connectivity index (χ4n) is 7.16. The molecule has 0 bridgehead atoms. The van der Waals surface area contributed by atoms with E-state index in [1.165, 1.54) is 4.90 Å². The first-order valence-corrected chi connectivity index (χ1v) is 17.4. The minimum absolute atomic E-state index is 0.0406. The van der Waals surface area contributed by atoms with Crippen LogP contribution in [0.1, 0.15) is 77.6 Å². The van der Waals surface area contributed by atoms with Crippen LogP contribution >= 0.6 is 11.6 Å². The second-order valence-corrected chi connectivity index (χ2v) is 13.6. The lowest BCUT2D eigenvalue weighted by atomic mass is 10.0. The molecule has 2 aliphatic carbocycles. The Morgan fingerprint density at radius 1 is 1.15 bits per heavy atom. The zero-order chi connectivity index (χ0) is 33.8. The number of para-hydroxylation sites is 1. The van der Waals surface area contributed by atoms with Crippen molar-refractivity contribution in [3.8, 4) is 11.6 Å². The molecule has 3 heterocycles. The van der Waals surface area contributed by atoms with Crippen LogP contribution in [0, 0.1) is 5.92 Å². The Bertz CT molecular complexity index is 1580. The quantitative estimate of drug-likeness (QED) is 0.336. The van der Waals surface area contributed by atoms with Crippen molar-refractivity contribution >= 4 is 46.4 Å². The number of aromatic nitrogens is 1. The summed E-state index contributed by atoms with van der Waals surface area (Å²) in [5.41, 5.74) is -0.920. The van der Waals surface area contributed by atoms with E-state index in [-0.39, 0.29) is 43.7 Å². The second kappa shape index (κ2) is 14.6. The van der Waals surface area contributed by atoms with Crippen molar-refractivity contribution in [1.29, 1.82) is 0 Å². The smallest absolute Gasteiger partial charge is 0.407 e. The van der Waals surface area contributed by atoms with Gasteiger partial charge >= 0.3 is 12.1 Å². The number of pyridine rings is 1. The summed E-state index contributed by atoms with van der Waals surface area (Å²) >= 11 is 6.46. The zero-order valence-corrected chi connectivity index (χ0v) is 27.9. The predicted octanol–water partition coefficient (Wildman–Crippen LogP) is 5.15. The van der Waals surface area contributed by atoms with Crippen molar-refractivity contribution in [2.45, 2.75) is 107 Å². The van der Waals surface area contributed by atoms with Crippen molar-refractivity contribution in [2.75, 3.05) is 13.2 Å². The Hall–Kier alpha value is -4.06. The van der Waals surface area contributed by atoms with Crippen molar-refractivity contribution in [3.63, 3.8) is 0 Å². The van der Waals surface area contributed by atoms with E-state index >= 15 is 0 Å². The molecule has 1 aromatic carbocycles. The Morgan fingerprint density at radius 3 is 2.71 bits per heavy atom. The number of alkyl carbamates (subject to hydrolysis) is 1. The molecule has 2 aliphatic heterocycles. The first-order chi connectivity index (χ1) is 23.2. The summed E-state index contributed by atoms with van der Waals surface area (Å²) in [7, 11) is 0. The molecule has 2 aromatic rings. The number of carbonyl (C=O) groups excluding carboxylic acids is 3. The Balaban J connectivity index is 1.26. The largest absolute Gasteiger partial charge is 0.488 e. The number of allylic oxidation sites excluding steroid dienone is 1. The van der Waals surface area contributed by atoms with Gasteiger partial charge in [0, 0.05) is 36.3 Å². The highest BCUT2D eigenvalue weighted by Gasteiger charge is 2.61. The van der Waals surface area contributed by atoms with Gasteiger partial charge in [0.25, 0.3) is 0 Å². The number of hydrogen-bond acceptors (Lipinski definition) is 8. The summed E-state index contributed by atoms with van der Waals surface area (Å²) in [4.78, 5) is 59.1. The van der Waals surface area contributed by atoms with Crippen molar-refractivity contribution in [1.82, 2.24) is 20.5 Å². The van der Waals surface area contributed by atoms with E-state index in [0.29, 0.717) is 40.6 Å². The first kappa shape index (κ1) is 33.8. The van der Waals surface area contributed by atoms with Gasteiger partial charge < -0.3 is 34.9 Å². The fraction of sp³-hybridized carbons (Fsp3) is 0.571. The predicted molar refractivity (Wildman–Crippen MR) is 177 cm³/mol. The molecule has 0 radical (unpaired) electrons. The van der Waals surface area contributed by atoms with Crippen molar-refractivity contribution in [3.05, 3.63) is 41.4 Å². The van der Waals surface area contributed by atoms with Crippen LogP contribution < -0.4 is 20.1 Å². The molecular weight excluding hydrogens is 640 g/mol. The van der Waals surface area contributed by atoms with E-state index in [1.54, 1.807) is 18.2 Å². The maximum Gasteiger partial charge on any atom is 0.407 e. The number of aliphatic carboxylic acids is 1. The number of nitrogens with zero attached hydrogens (tertiary/aromatic N) is 2. The highest BCUT2D eigenvalue weighted by atomic mass is 35.5. The fourth-order valence-corrected chi connectivity index (χ4v) is 7.37. The third-order valence-corrected chi connectivity index (χ3v) is 10.1. The van der Waals surface area contributed by atoms with Gasteiger partial charge in [0.2, 0.25) is 17.7 Å². The average molecular weight is 683 g/mol. The lowest BCUT2D eigenvalue weighted by molar-refractivity contribution is -0.145. The average Bonchev–Trinajstić information content (AvgIpc) is 3.33. The summed E-state index contributed by atoms with van der Waals surface area (Å²) in [6, 6.07) is 5.51. The van der Waals surface area contributed by atoms with E-state index < -0.39 is 41.7 Å². The molecule has 2 saturated carbocycles. The second-order valence-electron chi connectivity index (χ2n) is 13.2. The Morgan fingerprint density at radius 2 is 1.94 bits per heavy atom. The molecule has 3 N–H and O–H groups in total. The summed E-state index contributed by atoms with van der Waals surface area (Å²) in [5, 5.41) is 16.9. The maximum atomic E-state index is 14.0. The minimum atomic E-state index is -1.42. The SMILES string of the molecule is CCOc1cc(O[C@@H]2C[C@H]3C(=O)N[C@]4(C(=O)O)C[C@@H]4/C=C\CCCC[C@H](NC(=O)OC4CCCC4)CC(=O)N3C2)c2cccc(Cl)c2n1. The van der Waals surface area contributed by atoms with Gasteiger partial charge in [0.1, 0.15) is 29.5 Å². The normalized spacial score (nSPS) is 28.8. The summed E-state index contributed by atoms with van der Waals surface area (Å²) < 4.78 is 17.8. The Kier molecular flexibility index (Phi) is 10.3. The maximum absolute atomic E-state index is 14.0. The molecule has 0 unspecified atom stereocenters. The standard InChI is InChI=1S/C35H43ClN4O8/c1-2-46-29-18-28(25-14-9-15-26(36)31(25)38-29)47-24-17-27-32(42)39-35(33(43)44)19-21(35)10-5-3-4-6-11-22(16-30(41)40(27)20-24)37-34(45)48-23-12-7-8-13-23/h5,9-10,14-15,18,21-24,27H,2-4,6-8,11-13,16-17,19-20H2,1H3,(H,37,45)(H,39,42)(H,43,44)/b10-5-/t21-,22-,24+,27-,35+/m0/s1. The number of halogens is 1. The molecule has 3 amide bonds. The van der Waals surface area contributed by atoms with E-state index in [4.69, 9.17) is 25.8 Å². The molecule has 48 heavy (non-hydrogen) atoms. The number of rotatable bonds is 7. The number of benzene rings is 1. The molecular formula is C35H43ClN4O8. The van der Waals surface area contributed by atoms with Gasteiger partial charge in [-0.25, -0.2) is 14.6 Å². The topological polar surface area (TPSA) is 156 Å². The van der Waals surface area contributed by atoms with Gasteiger partial charge in [-0.2, -0.15) is 0 Å². The van der Waals surface area contributed by atoms with Crippen LogP contribution in [0.2, 0.25) is 5.02 Å². The number of carbonyl (C=O) groups is 4. The van der Waals surface area contributed by atoms with E-state index in [1.807, 2.05) is 25.1 Å². The molecule has 13 heteroatoms. The van der Waals surface area contributed by atoms with Crippen LogP contribution in [0.15, 0.2) is 36.4 Å². The molecule has 4 aliphatic rings. The van der Waals surface area contributed by atoms with Gasteiger partial charge in [-0.1, -0.05) is 36.2 Å². The summed E-state index contributed by atoms with van der Waals surface area (Å²) in [6.45, 7) is 2.29. The van der Waals surface area contributed by atoms with Gasteiger partial charge in [-0.05, 0) is 70.4 Å². The number of ether oxygens (including phenoxy) is 3. The van der Waals surface area contributed by atoms with Crippen molar-refractivity contribution in [2.24, 2.45) is 5.92 Å². The molecule has 1 saturated heterocycles. The molecule has 3 fully saturated rings. The number of carboxylic acid groups (broad SMARTS) is 1.